The fourth-order valence-electron chi connectivity index (χ4n) is 1.91. The first-order chi connectivity index (χ1) is 9.72. The van der Waals surface area contributed by atoms with E-state index in [1.54, 1.807) is 6.20 Å². The molecule has 7 heteroatoms. The van der Waals surface area contributed by atoms with Crippen LogP contribution < -0.4 is 11.1 Å². The molecule has 0 aliphatic rings. The number of carbonyl (C=O) groups excluding carboxylic acids is 1. The van der Waals surface area contributed by atoms with Gasteiger partial charge in [-0.3, -0.25) is 4.79 Å². The minimum atomic E-state index is -0.380. The Hall–Kier alpha value is -2.05. The van der Waals surface area contributed by atoms with Gasteiger partial charge in [0.2, 0.25) is 0 Å². The number of unbranched alkanes of at least 4 members (excludes halogenated alkanes) is 1. The van der Waals surface area contributed by atoms with Gasteiger partial charge < -0.3 is 21.1 Å². The van der Waals surface area contributed by atoms with Crippen molar-refractivity contribution in [2.75, 3.05) is 13.2 Å². The van der Waals surface area contributed by atoms with Crippen molar-refractivity contribution in [1.82, 2.24) is 10.3 Å². The Bertz CT molecular complexity index is 624. The van der Waals surface area contributed by atoms with Gasteiger partial charge in [0, 0.05) is 30.3 Å². The summed E-state index contributed by atoms with van der Waals surface area (Å²) >= 11 is 0. The largest absolute Gasteiger partial charge is 0.396 e. The molecule has 1 amide bonds. The van der Waals surface area contributed by atoms with Gasteiger partial charge in [0.05, 0.1) is 5.56 Å². The lowest BCUT2D eigenvalue weighted by Crippen LogP contribution is -2.33. The molecule has 1 aromatic carbocycles. The molecule has 0 saturated heterocycles. The first-order valence-corrected chi connectivity index (χ1v) is 6.51. The lowest BCUT2D eigenvalue weighted by atomic mass is 10.2. The van der Waals surface area contributed by atoms with E-state index in [4.69, 9.17) is 10.8 Å². The predicted molar refractivity (Wildman–Crippen MR) is 85.8 cm³/mol. The van der Waals surface area contributed by atoms with Gasteiger partial charge >= 0.3 is 0 Å². The molecule has 2 rings (SSSR count). The highest BCUT2D eigenvalue weighted by molar-refractivity contribution is 6.10. The summed E-state index contributed by atoms with van der Waals surface area (Å²) in [7, 11) is 0. The van der Waals surface area contributed by atoms with Crippen molar-refractivity contribution in [1.29, 1.82) is 0 Å². The number of aliphatic hydroxyl groups excluding tert-OH is 1. The number of aromatic nitrogens is 1. The summed E-state index contributed by atoms with van der Waals surface area (Å²) in [6.45, 7) is 0.726. The van der Waals surface area contributed by atoms with E-state index in [9.17, 15) is 4.79 Å². The Morgan fingerprint density at radius 2 is 2.10 bits per heavy atom. The zero-order valence-corrected chi connectivity index (χ0v) is 12.3. The van der Waals surface area contributed by atoms with E-state index >= 15 is 0 Å². The molecule has 0 bridgehead atoms. The lowest BCUT2D eigenvalue weighted by Gasteiger charge is -2.03. The van der Waals surface area contributed by atoms with Gasteiger partial charge in [0.15, 0.2) is 5.96 Å². The molecule has 0 saturated carbocycles. The van der Waals surface area contributed by atoms with Crippen molar-refractivity contribution in [3.05, 3.63) is 36.0 Å². The molecular weight excluding hydrogens is 292 g/mol. The van der Waals surface area contributed by atoms with E-state index in [0.717, 1.165) is 17.3 Å². The van der Waals surface area contributed by atoms with Crippen LogP contribution >= 0.6 is 12.4 Å². The van der Waals surface area contributed by atoms with Crippen molar-refractivity contribution < 1.29 is 9.90 Å². The Kier molecular flexibility index (Phi) is 6.71. The van der Waals surface area contributed by atoms with Gasteiger partial charge in [0.1, 0.15) is 0 Å². The summed E-state index contributed by atoms with van der Waals surface area (Å²) in [6, 6.07) is 7.52. The normalized spacial score (nSPS) is 11.2. The summed E-state index contributed by atoms with van der Waals surface area (Å²) in [5, 5.41) is 12.3. The Balaban J connectivity index is 0.00000220. The standard InChI is InChI=1S/C14H18N4O2.ClH/c15-14(16-7-3-4-8-19)18-13(20)11-9-17-12-6-2-1-5-10(11)12;/h1-2,5-6,9,17,19H,3-4,7-8H2,(H3,15,16,18,20);1H. The number of nitrogens with one attached hydrogen (secondary N) is 2. The van der Waals surface area contributed by atoms with Crippen LogP contribution in [-0.2, 0) is 0 Å². The van der Waals surface area contributed by atoms with E-state index in [-0.39, 0.29) is 30.9 Å². The van der Waals surface area contributed by atoms with E-state index in [0.29, 0.717) is 18.5 Å². The van der Waals surface area contributed by atoms with Gasteiger partial charge in [-0.1, -0.05) is 18.2 Å². The zero-order chi connectivity index (χ0) is 14.4. The molecular formula is C14H19ClN4O2. The van der Waals surface area contributed by atoms with Crippen molar-refractivity contribution in [2.45, 2.75) is 12.8 Å². The number of hydrogen-bond acceptors (Lipinski definition) is 2. The first kappa shape index (κ1) is 17.0. The minimum absolute atomic E-state index is 0. The lowest BCUT2D eigenvalue weighted by molar-refractivity contribution is 0.100. The molecule has 5 N–H and O–H groups in total. The predicted octanol–water partition coefficient (Wildman–Crippen LogP) is 1.41. The van der Waals surface area contributed by atoms with Crippen LogP contribution in [0.4, 0.5) is 0 Å². The van der Waals surface area contributed by atoms with E-state index < -0.39 is 0 Å². The fraction of sp³-hybridized carbons (Fsp3) is 0.286. The van der Waals surface area contributed by atoms with E-state index in [1.165, 1.54) is 0 Å². The van der Waals surface area contributed by atoms with Crippen LogP contribution in [0.25, 0.3) is 10.9 Å². The van der Waals surface area contributed by atoms with Gasteiger partial charge in [0.25, 0.3) is 5.91 Å². The van der Waals surface area contributed by atoms with Gasteiger partial charge in [-0.15, -0.1) is 12.4 Å². The molecule has 0 unspecified atom stereocenters. The van der Waals surface area contributed by atoms with Crippen LogP contribution in [0.5, 0.6) is 0 Å². The molecule has 0 spiro atoms. The van der Waals surface area contributed by atoms with Crippen LogP contribution in [0.15, 0.2) is 35.5 Å². The molecule has 0 aliphatic carbocycles. The number of rotatable bonds is 5. The molecule has 114 valence electrons. The Morgan fingerprint density at radius 1 is 1.33 bits per heavy atom. The van der Waals surface area contributed by atoms with Crippen molar-refractivity contribution in [3.8, 4) is 0 Å². The molecule has 0 aliphatic heterocycles. The summed E-state index contributed by atoms with van der Waals surface area (Å²) in [6.07, 6.45) is 3.10. The van der Waals surface area contributed by atoms with Crippen LogP contribution in [0.1, 0.15) is 23.2 Å². The topological polar surface area (TPSA) is 104 Å². The second-order valence-corrected chi connectivity index (χ2v) is 4.41. The third kappa shape index (κ3) is 4.47. The van der Waals surface area contributed by atoms with Crippen molar-refractivity contribution in [3.63, 3.8) is 0 Å². The average molecular weight is 311 g/mol. The second-order valence-electron chi connectivity index (χ2n) is 4.41. The highest BCUT2D eigenvalue weighted by Gasteiger charge is 2.11. The number of halogens is 1. The maximum Gasteiger partial charge on any atom is 0.282 e. The highest BCUT2D eigenvalue weighted by Crippen LogP contribution is 2.18. The molecule has 1 heterocycles. The highest BCUT2D eigenvalue weighted by atomic mass is 35.5. The number of carbonyl (C=O) groups is 1. The number of para-hydroxylation sites is 1. The number of guanidine groups is 1. The number of aliphatic imine (C=N–C) groups is 1. The third-order valence-corrected chi connectivity index (χ3v) is 2.93. The summed E-state index contributed by atoms with van der Waals surface area (Å²) < 4.78 is 0. The fourth-order valence-corrected chi connectivity index (χ4v) is 1.91. The Morgan fingerprint density at radius 3 is 2.86 bits per heavy atom. The number of nitrogens with zero attached hydrogens (tertiary/aromatic N) is 1. The molecule has 6 nitrogen and oxygen atoms in total. The molecule has 0 fully saturated rings. The number of benzene rings is 1. The monoisotopic (exact) mass is 310 g/mol. The zero-order valence-electron chi connectivity index (χ0n) is 11.5. The number of hydrogen-bond donors (Lipinski definition) is 4. The SMILES string of the molecule is Cl.NC(=NC(=O)c1c[nH]c2ccccc12)NCCCCO. The number of amides is 1. The maximum atomic E-state index is 12.1. The van der Waals surface area contributed by atoms with Crippen LogP contribution in [0, 0.1) is 0 Å². The van der Waals surface area contributed by atoms with Crippen molar-refractivity contribution >= 4 is 35.2 Å². The van der Waals surface area contributed by atoms with Crippen LogP contribution in [0.2, 0.25) is 0 Å². The number of aromatic amines is 1. The summed E-state index contributed by atoms with van der Waals surface area (Å²) in [4.78, 5) is 18.9. The summed E-state index contributed by atoms with van der Waals surface area (Å²) in [5.74, 6) is -0.284. The van der Waals surface area contributed by atoms with E-state index in [1.807, 2.05) is 24.3 Å². The van der Waals surface area contributed by atoms with E-state index in [2.05, 4.69) is 15.3 Å². The van der Waals surface area contributed by atoms with Gasteiger partial charge in [-0.25, -0.2) is 0 Å². The first-order valence-electron chi connectivity index (χ1n) is 6.51. The third-order valence-electron chi connectivity index (χ3n) is 2.93. The molecule has 0 atom stereocenters. The average Bonchev–Trinajstić information content (AvgIpc) is 2.87. The quantitative estimate of drug-likeness (QED) is 0.381. The molecule has 1 aromatic heterocycles. The minimum Gasteiger partial charge on any atom is -0.396 e. The maximum absolute atomic E-state index is 12.1. The molecule has 2 aromatic rings. The number of aliphatic hydroxyl groups is 1. The molecule has 0 radical (unpaired) electrons. The van der Waals surface area contributed by atoms with Crippen LogP contribution in [0.3, 0.4) is 0 Å². The van der Waals surface area contributed by atoms with Gasteiger partial charge in [-0.2, -0.15) is 4.99 Å². The molecule has 21 heavy (non-hydrogen) atoms. The van der Waals surface area contributed by atoms with Gasteiger partial charge in [-0.05, 0) is 18.9 Å². The Labute approximate surface area is 128 Å². The number of nitrogens with two attached hydrogens (primary N) is 1. The number of fused-ring (bicyclic) bond motifs is 1. The smallest absolute Gasteiger partial charge is 0.282 e. The van der Waals surface area contributed by atoms with Crippen LogP contribution in [-0.4, -0.2) is 35.1 Å². The number of H-pyrrole nitrogens is 1. The summed E-state index contributed by atoms with van der Waals surface area (Å²) in [5.41, 5.74) is 7.04. The second kappa shape index (κ2) is 8.28. The van der Waals surface area contributed by atoms with Crippen molar-refractivity contribution in [2.24, 2.45) is 10.7 Å².